The Bertz CT molecular complexity index is 397. The van der Waals surface area contributed by atoms with E-state index >= 15 is 0 Å². The van der Waals surface area contributed by atoms with Crippen molar-refractivity contribution in [2.24, 2.45) is 5.41 Å². The van der Waals surface area contributed by atoms with Crippen molar-refractivity contribution in [3.63, 3.8) is 0 Å². The Hall–Kier alpha value is -0.360. The molecule has 0 amide bonds. The van der Waals surface area contributed by atoms with E-state index in [0.29, 0.717) is 5.41 Å². The van der Waals surface area contributed by atoms with Crippen LogP contribution in [0.5, 0.6) is 5.75 Å². The van der Waals surface area contributed by atoms with Gasteiger partial charge in [-0.1, -0.05) is 46.6 Å². The fourth-order valence-electron chi connectivity index (χ4n) is 2.04. The van der Waals surface area contributed by atoms with Crippen LogP contribution in [0.1, 0.15) is 41.0 Å². The molecule has 0 fully saturated rings. The van der Waals surface area contributed by atoms with Crippen LogP contribution in [-0.2, 0) is 0 Å². The van der Waals surface area contributed by atoms with Gasteiger partial charge in [-0.25, -0.2) is 4.31 Å². The summed E-state index contributed by atoms with van der Waals surface area (Å²) in [7, 11) is 1.70. The highest BCUT2D eigenvalue weighted by atomic mass is 32.2. The van der Waals surface area contributed by atoms with Crippen molar-refractivity contribution in [2.75, 3.05) is 33.0 Å². The summed E-state index contributed by atoms with van der Waals surface area (Å²) in [6.07, 6.45) is 3.25. The molecule has 1 rings (SSSR count). The number of hydrogen-bond acceptors (Lipinski definition) is 5. The molecule has 0 spiro atoms. The van der Waals surface area contributed by atoms with E-state index in [2.05, 4.69) is 48.2 Å². The first-order valence-electron chi connectivity index (χ1n) is 8.33. The molecule has 0 aliphatic rings. The molecule has 0 aliphatic heterocycles. The van der Waals surface area contributed by atoms with Gasteiger partial charge in [0.2, 0.25) is 0 Å². The first-order chi connectivity index (χ1) is 11.0. The predicted molar refractivity (Wildman–Crippen MR) is 107 cm³/mol. The molecule has 0 bridgehead atoms. The summed E-state index contributed by atoms with van der Waals surface area (Å²) in [5.41, 5.74) is 0.304. The van der Waals surface area contributed by atoms with E-state index in [9.17, 15) is 0 Å². The monoisotopic (exact) mass is 358 g/mol. The summed E-state index contributed by atoms with van der Waals surface area (Å²) in [6.45, 7) is 14.1. The van der Waals surface area contributed by atoms with Crippen molar-refractivity contribution < 1.29 is 4.74 Å². The van der Waals surface area contributed by atoms with Crippen molar-refractivity contribution in [3.8, 4) is 5.75 Å². The molecule has 1 aromatic carbocycles. The summed E-state index contributed by atoms with van der Waals surface area (Å²) < 4.78 is 11.0. The van der Waals surface area contributed by atoms with Crippen LogP contribution in [0.3, 0.4) is 0 Å². The lowest BCUT2D eigenvalue weighted by Crippen LogP contribution is -2.31. The Morgan fingerprint density at radius 2 is 1.78 bits per heavy atom. The molecule has 23 heavy (non-hydrogen) atoms. The Kier molecular flexibility index (Phi) is 12.8. The van der Waals surface area contributed by atoms with Crippen LogP contribution < -0.4 is 9.46 Å². The Morgan fingerprint density at radius 3 is 2.26 bits per heavy atom. The number of rotatable bonds is 10. The third-order valence-corrected chi connectivity index (χ3v) is 4.92. The van der Waals surface area contributed by atoms with Crippen molar-refractivity contribution in [3.05, 3.63) is 24.3 Å². The van der Waals surface area contributed by atoms with E-state index in [1.54, 1.807) is 19.1 Å². The molecule has 0 heterocycles. The SMILES string of the molecule is CC.CCN(CC(C)(C)CCNSC)Sc1ccc(OC)cc1. The number of benzene rings is 1. The van der Waals surface area contributed by atoms with Gasteiger partial charge in [0.05, 0.1) is 7.11 Å². The van der Waals surface area contributed by atoms with Crippen molar-refractivity contribution in [1.29, 1.82) is 0 Å². The zero-order chi connectivity index (χ0) is 17.7. The first-order valence-corrected chi connectivity index (χ1v) is 10.3. The maximum atomic E-state index is 5.20. The molecule has 0 aromatic heterocycles. The lowest BCUT2D eigenvalue weighted by molar-refractivity contribution is 0.262. The van der Waals surface area contributed by atoms with E-state index in [1.165, 1.54) is 11.3 Å². The second-order valence-electron chi connectivity index (χ2n) is 5.74. The molecule has 5 heteroatoms. The van der Waals surface area contributed by atoms with Crippen LogP contribution in [0.25, 0.3) is 0 Å². The van der Waals surface area contributed by atoms with Gasteiger partial charge in [0.15, 0.2) is 0 Å². The zero-order valence-electron chi connectivity index (χ0n) is 15.8. The first kappa shape index (κ1) is 22.6. The average molecular weight is 359 g/mol. The summed E-state index contributed by atoms with van der Waals surface area (Å²) in [5, 5.41) is 0. The third-order valence-electron chi connectivity index (χ3n) is 3.30. The largest absolute Gasteiger partial charge is 0.497 e. The summed E-state index contributed by atoms with van der Waals surface area (Å²) in [5.74, 6) is 0.908. The van der Waals surface area contributed by atoms with Gasteiger partial charge in [-0.15, -0.1) is 0 Å². The van der Waals surface area contributed by atoms with E-state index in [0.717, 1.165) is 25.4 Å². The lowest BCUT2D eigenvalue weighted by atomic mass is 9.89. The average Bonchev–Trinajstić information content (AvgIpc) is 2.56. The number of methoxy groups -OCH3 is 1. The molecule has 0 saturated carbocycles. The topological polar surface area (TPSA) is 24.5 Å². The van der Waals surface area contributed by atoms with Gasteiger partial charge < -0.3 is 4.74 Å². The lowest BCUT2D eigenvalue weighted by Gasteiger charge is -2.31. The Balaban J connectivity index is 0.00000232. The predicted octanol–water partition coefficient (Wildman–Crippen LogP) is 5.33. The second-order valence-corrected chi connectivity index (χ2v) is 7.60. The van der Waals surface area contributed by atoms with Crippen LogP contribution >= 0.6 is 23.9 Å². The second kappa shape index (κ2) is 13.0. The molecular weight excluding hydrogens is 324 g/mol. The van der Waals surface area contributed by atoms with Gasteiger partial charge >= 0.3 is 0 Å². The fraction of sp³-hybridized carbons (Fsp3) is 0.667. The molecule has 134 valence electrons. The maximum Gasteiger partial charge on any atom is 0.118 e. The summed E-state index contributed by atoms with van der Waals surface area (Å²) in [4.78, 5) is 1.26. The Labute approximate surface area is 152 Å². The highest BCUT2D eigenvalue weighted by Gasteiger charge is 2.21. The molecule has 0 radical (unpaired) electrons. The molecule has 0 atom stereocenters. The minimum absolute atomic E-state index is 0.304. The molecular formula is C18H34N2OS2. The molecule has 1 N–H and O–H groups in total. The van der Waals surface area contributed by atoms with E-state index in [1.807, 2.05) is 37.9 Å². The van der Waals surface area contributed by atoms with Crippen LogP contribution in [0, 0.1) is 5.41 Å². The standard InChI is InChI=1S/C16H28N2OS2.C2H6/c1-6-18(13-16(2,3)11-12-17-20-5)21-15-9-7-14(19-4)8-10-15;1-2/h7-10,17H,6,11-13H2,1-5H3;1-2H3. The number of ether oxygens (including phenoxy) is 1. The quantitative estimate of drug-likeness (QED) is 0.450. The Morgan fingerprint density at radius 1 is 1.17 bits per heavy atom. The summed E-state index contributed by atoms with van der Waals surface area (Å²) in [6, 6.07) is 8.27. The van der Waals surface area contributed by atoms with E-state index in [4.69, 9.17) is 4.74 Å². The molecule has 1 aromatic rings. The molecule has 0 aliphatic carbocycles. The number of hydrogen-bond donors (Lipinski definition) is 1. The molecule has 3 nitrogen and oxygen atoms in total. The van der Waals surface area contributed by atoms with Crippen molar-refractivity contribution >= 4 is 23.9 Å². The maximum absolute atomic E-state index is 5.20. The molecule has 0 unspecified atom stereocenters. The van der Waals surface area contributed by atoms with Crippen LogP contribution in [0.4, 0.5) is 0 Å². The normalized spacial score (nSPS) is 11.1. The fourth-order valence-corrected chi connectivity index (χ4v) is 3.45. The highest BCUT2D eigenvalue weighted by molar-refractivity contribution is 7.97. The van der Waals surface area contributed by atoms with Crippen LogP contribution in [0.15, 0.2) is 29.2 Å². The summed E-state index contributed by atoms with van der Waals surface area (Å²) >= 11 is 3.52. The van der Waals surface area contributed by atoms with Crippen LogP contribution in [0.2, 0.25) is 0 Å². The van der Waals surface area contributed by atoms with E-state index in [-0.39, 0.29) is 0 Å². The van der Waals surface area contributed by atoms with Gasteiger partial charge in [-0.05, 0) is 54.3 Å². The van der Waals surface area contributed by atoms with Gasteiger partial charge in [0.1, 0.15) is 5.75 Å². The third kappa shape index (κ3) is 10.2. The van der Waals surface area contributed by atoms with Crippen molar-refractivity contribution in [2.45, 2.75) is 45.9 Å². The highest BCUT2D eigenvalue weighted by Crippen LogP contribution is 2.30. The number of nitrogens with zero attached hydrogens (tertiary/aromatic N) is 1. The van der Waals surface area contributed by atoms with Gasteiger partial charge in [0.25, 0.3) is 0 Å². The van der Waals surface area contributed by atoms with Gasteiger partial charge in [0, 0.05) is 24.5 Å². The minimum atomic E-state index is 0.304. The van der Waals surface area contributed by atoms with Gasteiger partial charge in [-0.3, -0.25) is 4.72 Å². The minimum Gasteiger partial charge on any atom is -0.497 e. The van der Waals surface area contributed by atoms with Crippen molar-refractivity contribution in [1.82, 2.24) is 9.03 Å². The number of nitrogens with one attached hydrogen (secondary N) is 1. The van der Waals surface area contributed by atoms with E-state index < -0.39 is 0 Å². The zero-order valence-corrected chi connectivity index (χ0v) is 17.4. The smallest absolute Gasteiger partial charge is 0.118 e. The molecule has 0 saturated heterocycles. The van der Waals surface area contributed by atoms with Gasteiger partial charge in [-0.2, -0.15) is 0 Å². The van der Waals surface area contributed by atoms with Crippen LogP contribution in [-0.4, -0.2) is 37.3 Å².